The van der Waals surface area contributed by atoms with Gasteiger partial charge in [-0.1, -0.05) is 23.2 Å². The Labute approximate surface area is 190 Å². The van der Waals surface area contributed by atoms with Crippen molar-refractivity contribution in [2.45, 2.75) is 12.7 Å². The van der Waals surface area contributed by atoms with Crippen LogP contribution in [0.4, 0.5) is 24.8 Å². The van der Waals surface area contributed by atoms with Crippen LogP contribution in [-0.2, 0) is 17.5 Å². The van der Waals surface area contributed by atoms with E-state index in [0.29, 0.717) is 54.4 Å². The van der Waals surface area contributed by atoms with Gasteiger partial charge in [0.2, 0.25) is 0 Å². The summed E-state index contributed by atoms with van der Waals surface area (Å²) in [5, 5.41) is 3.22. The first-order valence-corrected chi connectivity index (χ1v) is 10.5. The highest BCUT2D eigenvalue weighted by Crippen LogP contribution is 2.32. The molecule has 0 bridgehead atoms. The summed E-state index contributed by atoms with van der Waals surface area (Å²) in [5.41, 5.74) is -0.0691. The number of aromatic nitrogens is 3. The third kappa shape index (κ3) is 4.77. The van der Waals surface area contributed by atoms with E-state index in [-0.39, 0.29) is 29.5 Å². The summed E-state index contributed by atoms with van der Waals surface area (Å²) < 4.78 is 45.3. The van der Waals surface area contributed by atoms with E-state index in [0.717, 1.165) is 6.07 Å². The summed E-state index contributed by atoms with van der Waals surface area (Å²) in [7, 11) is 0. The van der Waals surface area contributed by atoms with Crippen molar-refractivity contribution < 1.29 is 17.9 Å². The van der Waals surface area contributed by atoms with E-state index in [9.17, 15) is 18.0 Å². The molecule has 1 N–H and O–H groups in total. The van der Waals surface area contributed by atoms with Gasteiger partial charge < -0.3 is 19.5 Å². The van der Waals surface area contributed by atoms with Crippen LogP contribution in [0.5, 0.6) is 0 Å². The van der Waals surface area contributed by atoms with Gasteiger partial charge in [-0.3, -0.25) is 4.79 Å². The van der Waals surface area contributed by atoms with Gasteiger partial charge in [0.05, 0.1) is 34.8 Å². The number of nitrogens with zero attached hydrogens (tertiary/aromatic N) is 4. The molecule has 1 fully saturated rings. The number of hydrogen-bond donors (Lipinski definition) is 1. The second-order valence-electron chi connectivity index (χ2n) is 7.10. The second-order valence-corrected chi connectivity index (χ2v) is 7.95. The minimum Gasteiger partial charge on any atom is -0.378 e. The molecule has 2 aromatic heterocycles. The molecule has 32 heavy (non-hydrogen) atoms. The molecule has 0 saturated carbocycles. The second kappa shape index (κ2) is 9.13. The molecule has 1 saturated heterocycles. The molecule has 170 valence electrons. The molecule has 0 aliphatic carbocycles. The topological polar surface area (TPSA) is 72.3 Å². The average Bonchev–Trinajstić information content (AvgIpc) is 2.76. The standard InChI is InChI=1S/C20H18Cl2F3N5O2/c21-13-1-2-16-15(10-13)28-18(29-5-7-32-8-6-29)19(31)30(16)4-3-26-17-14(22)9-12(11-27-17)20(23,24)25/h1-2,9-11H,3-8H2,(H,26,27). The Morgan fingerprint density at radius 1 is 1.16 bits per heavy atom. The van der Waals surface area contributed by atoms with Gasteiger partial charge in [0.25, 0.3) is 5.56 Å². The number of halogens is 5. The van der Waals surface area contributed by atoms with E-state index >= 15 is 0 Å². The fraction of sp³-hybridized carbons (Fsp3) is 0.350. The molecule has 3 aromatic rings. The summed E-state index contributed by atoms with van der Waals surface area (Å²) in [6, 6.07) is 5.86. The molecule has 0 unspecified atom stereocenters. The maximum atomic E-state index is 13.2. The number of nitrogens with one attached hydrogen (secondary N) is 1. The van der Waals surface area contributed by atoms with Crippen LogP contribution in [0.3, 0.4) is 0 Å². The van der Waals surface area contributed by atoms with Crippen LogP contribution in [-0.4, -0.2) is 47.4 Å². The Bertz CT molecular complexity index is 1200. The van der Waals surface area contributed by atoms with Gasteiger partial charge in [-0.25, -0.2) is 9.97 Å². The Morgan fingerprint density at radius 3 is 2.59 bits per heavy atom. The highest BCUT2D eigenvalue weighted by atomic mass is 35.5. The molecule has 0 atom stereocenters. The molecule has 4 rings (SSSR count). The largest absolute Gasteiger partial charge is 0.417 e. The number of rotatable bonds is 5. The van der Waals surface area contributed by atoms with Gasteiger partial charge in [-0.2, -0.15) is 13.2 Å². The number of pyridine rings is 1. The Balaban J connectivity index is 1.61. The molecular formula is C20H18Cl2F3N5O2. The van der Waals surface area contributed by atoms with Crippen LogP contribution in [0, 0.1) is 0 Å². The van der Waals surface area contributed by atoms with E-state index in [4.69, 9.17) is 27.9 Å². The molecule has 0 spiro atoms. The van der Waals surface area contributed by atoms with Crippen molar-refractivity contribution >= 4 is 45.9 Å². The first kappa shape index (κ1) is 22.6. The number of alkyl halides is 3. The zero-order valence-electron chi connectivity index (χ0n) is 16.6. The number of hydrogen-bond acceptors (Lipinski definition) is 6. The van der Waals surface area contributed by atoms with Crippen LogP contribution in [0.25, 0.3) is 11.0 Å². The van der Waals surface area contributed by atoms with E-state index in [2.05, 4.69) is 15.3 Å². The lowest BCUT2D eigenvalue weighted by Crippen LogP contribution is -2.41. The summed E-state index contributed by atoms with van der Waals surface area (Å²) in [6.07, 6.45) is -3.82. The van der Waals surface area contributed by atoms with E-state index in [1.54, 1.807) is 22.8 Å². The summed E-state index contributed by atoms with van der Waals surface area (Å²) in [5.74, 6) is 0.399. The molecule has 3 heterocycles. The highest BCUT2D eigenvalue weighted by molar-refractivity contribution is 6.33. The third-order valence-corrected chi connectivity index (χ3v) is 5.52. The van der Waals surface area contributed by atoms with Crippen molar-refractivity contribution in [3.8, 4) is 0 Å². The average molecular weight is 488 g/mol. The van der Waals surface area contributed by atoms with Crippen molar-refractivity contribution in [1.29, 1.82) is 0 Å². The first-order chi connectivity index (χ1) is 15.2. The lowest BCUT2D eigenvalue weighted by molar-refractivity contribution is -0.137. The maximum absolute atomic E-state index is 13.2. The van der Waals surface area contributed by atoms with Crippen LogP contribution in [0.2, 0.25) is 10.0 Å². The lowest BCUT2D eigenvalue weighted by Gasteiger charge is -2.28. The summed E-state index contributed by atoms with van der Waals surface area (Å²) >= 11 is 12.1. The quantitative estimate of drug-likeness (QED) is 0.584. The molecule has 1 aliphatic heterocycles. The zero-order valence-corrected chi connectivity index (χ0v) is 18.1. The number of anilines is 2. The normalized spacial score (nSPS) is 14.7. The molecule has 1 aliphatic rings. The maximum Gasteiger partial charge on any atom is 0.417 e. The smallest absolute Gasteiger partial charge is 0.378 e. The molecular weight excluding hydrogens is 470 g/mol. The van der Waals surface area contributed by atoms with Crippen LogP contribution in [0.15, 0.2) is 35.3 Å². The van der Waals surface area contributed by atoms with E-state index < -0.39 is 11.7 Å². The van der Waals surface area contributed by atoms with Gasteiger partial charge in [0, 0.05) is 37.4 Å². The fourth-order valence-corrected chi connectivity index (χ4v) is 3.82. The first-order valence-electron chi connectivity index (χ1n) is 9.73. The number of fused-ring (bicyclic) bond motifs is 1. The van der Waals surface area contributed by atoms with Crippen LogP contribution >= 0.6 is 23.2 Å². The number of morpholine rings is 1. The highest BCUT2D eigenvalue weighted by Gasteiger charge is 2.31. The molecule has 7 nitrogen and oxygen atoms in total. The van der Waals surface area contributed by atoms with Crippen LogP contribution < -0.4 is 15.8 Å². The SMILES string of the molecule is O=c1c(N2CCOCC2)nc2cc(Cl)ccc2n1CCNc1ncc(C(F)(F)F)cc1Cl. The number of benzene rings is 1. The minimum atomic E-state index is -4.53. The predicted molar refractivity (Wildman–Crippen MR) is 117 cm³/mol. The zero-order chi connectivity index (χ0) is 22.9. The van der Waals surface area contributed by atoms with Crippen LogP contribution in [0.1, 0.15) is 5.56 Å². The predicted octanol–water partition coefficient (Wildman–Crippen LogP) is 4.07. The summed E-state index contributed by atoms with van der Waals surface area (Å²) in [6.45, 7) is 2.47. The van der Waals surface area contributed by atoms with E-state index in [1.165, 1.54) is 0 Å². The van der Waals surface area contributed by atoms with Gasteiger partial charge in [0.15, 0.2) is 5.82 Å². The lowest BCUT2D eigenvalue weighted by atomic mass is 10.2. The van der Waals surface area contributed by atoms with Crippen molar-refractivity contribution in [1.82, 2.24) is 14.5 Å². The summed E-state index contributed by atoms with van der Waals surface area (Å²) in [4.78, 5) is 23.4. The van der Waals surface area contributed by atoms with Crippen molar-refractivity contribution in [2.75, 3.05) is 43.1 Å². The van der Waals surface area contributed by atoms with Gasteiger partial charge in [-0.15, -0.1) is 0 Å². The molecule has 0 amide bonds. The fourth-order valence-electron chi connectivity index (χ4n) is 3.42. The molecule has 12 heteroatoms. The van der Waals surface area contributed by atoms with Gasteiger partial charge in [0.1, 0.15) is 5.82 Å². The minimum absolute atomic E-state index is 0.0996. The van der Waals surface area contributed by atoms with Gasteiger partial charge >= 0.3 is 6.18 Å². The third-order valence-electron chi connectivity index (χ3n) is 5.00. The molecule has 0 radical (unpaired) electrons. The Morgan fingerprint density at radius 2 is 1.91 bits per heavy atom. The van der Waals surface area contributed by atoms with E-state index in [1.807, 2.05) is 4.90 Å². The molecule has 1 aromatic carbocycles. The number of ether oxygens (including phenoxy) is 1. The van der Waals surface area contributed by atoms with Crippen molar-refractivity contribution in [3.63, 3.8) is 0 Å². The Hall–Kier alpha value is -2.56. The van der Waals surface area contributed by atoms with Gasteiger partial charge in [-0.05, 0) is 24.3 Å². The monoisotopic (exact) mass is 487 g/mol. The Kier molecular flexibility index (Phi) is 6.45. The van der Waals surface area contributed by atoms with Crippen molar-refractivity contribution in [3.05, 3.63) is 56.4 Å². The van der Waals surface area contributed by atoms with Crippen molar-refractivity contribution in [2.24, 2.45) is 0 Å².